The number of likely N-dealkylation sites (N-methyl/N-ethyl adjacent to an activating group) is 1. The van der Waals surface area contributed by atoms with Crippen LogP contribution < -0.4 is 10.1 Å². The number of carbonyl (C=O) groups is 1. The van der Waals surface area contributed by atoms with E-state index in [1.807, 2.05) is 49.4 Å². The van der Waals surface area contributed by atoms with Crippen molar-refractivity contribution in [3.05, 3.63) is 48.7 Å². The Morgan fingerprint density at radius 3 is 2.50 bits per heavy atom. The highest BCUT2D eigenvalue weighted by molar-refractivity contribution is 5.81. The van der Waals surface area contributed by atoms with Crippen molar-refractivity contribution in [3.63, 3.8) is 0 Å². The highest BCUT2D eigenvalue weighted by atomic mass is 16.5. The summed E-state index contributed by atoms with van der Waals surface area (Å²) < 4.78 is 5.15. The summed E-state index contributed by atoms with van der Waals surface area (Å²) in [5.74, 6) is 1.07. The molecule has 1 atom stereocenters. The smallest absolute Gasteiger partial charge is 0.146 e. The molecule has 22 heavy (non-hydrogen) atoms. The Hall–Kier alpha value is -2.20. The van der Waals surface area contributed by atoms with E-state index < -0.39 is 0 Å². The summed E-state index contributed by atoms with van der Waals surface area (Å²) >= 11 is 0. The quantitative estimate of drug-likeness (QED) is 0.920. The van der Waals surface area contributed by atoms with E-state index in [0.717, 1.165) is 23.4 Å². The average molecular weight is 300 g/mol. The van der Waals surface area contributed by atoms with Crippen LogP contribution in [0.4, 0.5) is 0 Å². The number of pyridine rings is 1. The fraction of sp³-hybridized carbons (Fsp3) is 0.333. The summed E-state index contributed by atoms with van der Waals surface area (Å²) in [5, 5.41) is 2.90. The lowest BCUT2D eigenvalue weighted by Crippen LogP contribution is -2.31. The van der Waals surface area contributed by atoms with Crippen molar-refractivity contribution in [1.29, 1.82) is 0 Å². The van der Waals surface area contributed by atoms with Gasteiger partial charge in [0, 0.05) is 11.8 Å². The molecule has 1 heterocycles. The first-order chi connectivity index (χ1) is 10.6. The third-order valence-corrected chi connectivity index (χ3v) is 3.28. The predicted molar refractivity (Wildman–Crippen MR) is 90.0 cm³/mol. The maximum Gasteiger partial charge on any atom is 0.146 e. The largest absolute Gasteiger partial charge is 0.497 e. The van der Waals surface area contributed by atoms with E-state index in [2.05, 4.69) is 10.3 Å². The lowest BCUT2D eigenvalue weighted by molar-refractivity contribution is -0.118. The third kappa shape index (κ3) is 5.66. The summed E-state index contributed by atoms with van der Waals surface area (Å²) in [7, 11) is 3.47. The number of rotatable bonds is 5. The van der Waals surface area contributed by atoms with Crippen LogP contribution in [0.5, 0.6) is 5.75 Å². The fourth-order valence-corrected chi connectivity index (χ4v) is 2.01. The van der Waals surface area contributed by atoms with E-state index in [1.165, 1.54) is 0 Å². The van der Waals surface area contributed by atoms with Gasteiger partial charge in [-0.25, -0.2) is 0 Å². The van der Waals surface area contributed by atoms with Gasteiger partial charge in [-0.2, -0.15) is 0 Å². The van der Waals surface area contributed by atoms with Crippen LogP contribution in [0.25, 0.3) is 11.3 Å². The molecule has 0 radical (unpaired) electrons. The second-order valence-corrected chi connectivity index (χ2v) is 4.81. The molecular weight excluding hydrogens is 276 g/mol. The molecule has 2 rings (SSSR count). The monoisotopic (exact) mass is 300 g/mol. The van der Waals surface area contributed by atoms with Crippen LogP contribution >= 0.6 is 0 Å². The van der Waals surface area contributed by atoms with Crippen molar-refractivity contribution >= 4 is 5.78 Å². The molecule has 1 aromatic carbocycles. The molecule has 118 valence electrons. The Morgan fingerprint density at radius 1 is 1.27 bits per heavy atom. The standard InChI is InChI=1S/C12H11NO.C6H13NO/c1-14-11-6-4-5-10(9-11)12-7-2-3-8-13-12;1-4-6(7-3)5(2)8/h2-9H,1H3;6-7H,4H2,1-3H3/t;6-/m.0/s1. The van der Waals surface area contributed by atoms with Crippen LogP contribution in [0.1, 0.15) is 20.3 Å². The number of nitrogens with zero attached hydrogens (tertiary/aromatic N) is 1. The van der Waals surface area contributed by atoms with Crippen LogP contribution in [0.2, 0.25) is 0 Å². The SMILES string of the molecule is CC[C@H](NC)C(C)=O.COc1cccc(-c2ccccn2)c1. The van der Waals surface area contributed by atoms with Crippen LogP contribution in [0.15, 0.2) is 48.7 Å². The molecule has 4 nitrogen and oxygen atoms in total. The molecule has 0 aliphatic heterocycles. The fourth-order valence-electron chi connectivity index (χ4n) is 2.01. The number of hydrogen-bond acceptors (Lipinski definition) is 4. The molecule has 0 spiro atoms. The number of carbonyl (C=O) groups excluding carboxylic acids is 1. The van der Waals surface area contributed by atoms with Crippen molar-refractivity contribution in [3.8, 4) is 17.0 Å². The van der Waals surface area contributed by atoms with Crippen LogP contribution in [-0.4, -0.2) is 31.0 Å². The van der Waals surface area contributed by atoms with Gasteiger partial charge in [0.1, 0.15) is 11.5 Å². The number of aromatic nitrogens is 1. The molecule has 1 aromatic heterocycles. The minimum atomic E-state index is 0.0648. The first-order valence-electron chi connectivity index (χ1n) is 7.35. The van der Waals surface area contributed by atoms with E-state index in [-0.39, 0.29) is 11.8 Å². The van der Waals surface area contributed by atoms with E-state index in [4.69, 9.17) is 4.74 Å². The zero-order valence-corrected chi connectivity index (χ0v) is 13.7. The summed E-state index contributed by atoms with van der Waals surface area (Å²) in [6.45, 7) is 3.59. The number of methoxy groups -OCH3 is 1. The van der Waals surface area contributed by atoms with Gasteiger partial charge in [-0.3, -0.25) is 9.78 Å². The van der Waals surface area contributed by atoms with E-state index >= 15 is 0 Å². The topological polar surface area (TPSA) is 51.2 Å². The van der Waals surface area contributed by atoms with Gasteiger partial charge in [-0.05, 0) is 44.7 Å². The highest BCUT2D eigenvalue weighted by Gasteiger charge is 2.05. The van der Waals surface area contributed by atoms with Crippen molar-refractivity contribution < 1.29 is 9.53 Å². The molecule has 0 unspecified atom stereocenters. The van der Waals surface area contributed by atoms with Crippen LogP contribution in [0.3, 0.4) is 0 Å². The van der Waals surface area contributed by atoms with Crippen molar-refractivity contribution in [2.24, 2.45) is 0 Å². The lowest BCUT2D eigenvalue weighted by atomic mass is 10.1. The molecule has 0 aliphatic rings. The molecule has 0 amide bonds. The minimum Gasteiger partial charge on any atom is -0.497 e. The Balaban J connectivity index is 0.000000261. The van der Waals surface area contributed by atoms with Crippen LogP contribution in [-0.2, 0) is 4.79 Å². The minimum absolute atomic E-state index is 0.0648. The van der Waals surface area contributed by atoms with Gasteiger partial charge in [0.05, 0.1) is 18.8 Å². The summed E-state index contributed by atoms with van der Waals surface area (Å²) in [4.78, 5) is 14.8. The van der Waals surface area contributed by atoms with Crippen molar-refractivity contribution in [1.82, 2.24) is 10.3 Å². The zero-order valence-electron chi connectivity index (χ0n) is 13.7. The Labute approximate surface area is 132 Å². The normalized spacial score (nSPS) is 11.1. The van der Waals surface area contributed by atoms with Gasteiger partial charge < -0.3 is 10.1 Å². The average Bonchev–Trinajstić information content (AvgIpc) is 2.57. The van der Waals surface area contributed by atoms with Gasteiger partial charge in [0.25, 0.3) is 0 Å². The molecule has 0 saturated carbocycles. The molecular formula is C18H24N2O2. The Bertz CT molecular complexity index is 566. The Kier molecular flexibility index (Phi) is 7.86. The Morgan fingerprint density at radius 2 is 2.05 bits per heavy atom. The van der Waals surface area contributed by atoms with E-state index in [9.17, 15) is 4.79 Å². The molecule has 1 N–H and O–H groups in total. The molecule has 4 heteroatoms. The number of ether oxygens (including phenoxy) is 1. The van der Waals surface area contributed by atoms with E-state index in [0.29, 0.717) is 0 Å². The van der Waals surface area contributed by atoms with Crippen molar-refractivity contribution in [2.45, 2.75) is 26.3 Å². The molecule has 0 bridgehead atoms. The first kappa shape index (κ1) is 17.9. The van der Waals surface area contributed by atoms with Gasteiger partial charge in [0.15, 0.2) is 0 Å². The number of ketones is 1. The molecule has 0 saturated heterocycles. The second kappa shape index (κ2) is 9.68. The van der Waals surface area contributed by atoms with Gasteiger partial charge in [0.2, 0.25) is 0 Å². The summed E-state index contributed by atoms with van der Waals surface area (Å²) in [5.41, 5.74) is 2.04. The predicted octanol–water partition coefficient (Wildman–Crippen LogP) is 3.33. The van der Waals surface area contributed by atoms with Crippen molar-refractivity contribution in [2.75, 3.05) is 14.2 Å². The molecule has 0 fully saturated rings. The van der Waals surface area contributed by atoms with Gasteiger partial charge >= 0.3 is 0 Å². The molecule has 2 aromatic rings. The maximum absolute atomic E-state index is 10.5. The first-order valence-corrected chi connectivity index (χ1v) is 7.35. The number of benzene rings is 1. The number of Topliss-reactive ketones (excluding diaryl/α,β-unsaturated/α-hetero) is 1. The second-order valence-electron chi connectivity index (χ2n) is 4.81. The van der Waals surface area contributed by atoms with Gasteiger partial charge in [-0.1, -0.05) is 25.1 Å². The number of nitrogens with one attached hydrogen (secondary N) is 1. The van der Waals surface area contributed by atoms with Crippen LogP contribution in [0, 0.1) is 0 Å². The van der Waals surface area contributed by atoms with Gasteiger partial charge in [-0.15, -0.1) is 0 Å². The third-order valence-electron chi connectivity index (χ3n) is 3.28. The summed E-state index contributed by atoms with van der Waals surface area (Å²) in [6.07, 6.45) is 2.67. The zero-order chi connectivity index (χ0) is 16.4. The number of hydrogen-bond donors (Lipinski definition) is 1. The lowest BCUT2D eigenvalue weighted by Gasteiger charge is -2.07. The van der Waals surface area contributed by atoms with E-state index in [1.54, 1.807) is 27.3 Å². The summed E-state index contributed by atoms with van der Waals surface area (Å²) in [6, 6.07) is 13.8. The highest BCUT2D eigenvalue weighted by Crippen LogP contribution is 2.21. The maximum atomic E-state index is 10.5. The molecule has 0 aliphatic carbocycles.